The molecule has 0 radical (unpaired) electrons. The molecule has 9 heteroatoms. The number of benzene rings is 3. The molecule has 5 nitrogen and oxygen atoms in total. The Morgan fingerprint density at radius 2 is 1.87 bits per heavy atom. The lowest BCUT2D eigenvalue weighted by atomic mass is 10.0. The number of fused-ring (bicyclic) bond motifs is 1. The van der Waals surface area contributed by atoms with Crippen molar-refractivity contribution < 1.29 is 22.7 Å². The molecule has 0 bridgehead atoms. The van der Waals surface area contributed by atoms with E-state index in [-0.39, 0.29) is 52.0 Å². The Labute approximate surface area is 270 Å². The standard InChI is InChI=1S/C33H30F3N3O2S.C4H10/c1-42-14-4-8-24(42)17-26-25-11-12-37-30(25)18-29(35)32(26)41-23-9-10-28(34)27(16-23)33-38-19-22(39-33)15-21-6-2-5-20(31(21)36)7-3-13-40;1-3-4-2/h2,5-6,9-13,16,18-19,24,37H,1,3-4,7-8,14-15,17H2,(H,38,39);3-4H2,1-2H3. The summed E-state index contributed by atoms with van der Waals surface area (Å²) in [7, 11) is 0.0101. The van der Waals surface area contributed by atoms with Gasteiger partial charge in [-0.25, -0.2) is 18.2 Å². The van der Waals surface area contributed by atoms with E-state index in [1.807, 2.05) is 6.07 Å². The van der Waals surface area contributed by atoms with Crippen LogP contribution in [0.3, 0.4) is 0 Å². The first-order valence-electron chi connectivity index (χ1n) is 15.8. The van der Waals surface area contributed by atoms with Gasteiger partial charge in [-0.2, -0.15) is 10.5 Å². The van der Waals surface area contributed by atoms with Gasteiger partial charge >= 0.3 is 0 Å². The van der Waals surface area contributed by atoms with E-state index in [1.54, 1.807) is 24.4 Å². The zero-order valence-electron chi connectivity index (χ0n) is 26.3. The molecule has 2 aromatic heterocycles. The fourth-order valence-corrected chi connectivity index (χ4v) is 7.42. The quantitative estimate of drug-likeness (QED) is 0.111. The average molecular weight is 648 g/mol. The lowest BCUT2D eigenvalue weighted by Crippen LogP contribution is -2.07. The van der Waals surface area contributed by atoms with Crippen LogP contribution < -0.4 is 4.74 Å². The molecule has 0 spiro atoms. The number of nitrogens with one attached hydrogen (secondary N) is 2. The molecule has 242 valence electrons. The fraction of sp³-hybridized carbons (Fsp3) is 0.324. The van der Waals surface area contributed by atoms with Gasteiger partial charge in [-0.1, -0.05) is 50.8 Å². The summed E-state index contributed by atoms with van der Waals surface area (Å²) in [5.74, 6) is 4.67. The number of rotatable bonds is 11. The highest BCUT2D eigenvalue weighted by atomic mass is 32.2. The van der Waals surface area contributed by atoms with Crippen molar-refractivity contribution in [3.8, 4) is 22.9 Å². The number of unbranched alkanes of at least 4 members (excludes halogenated alkanes) is 1. The summed E-state index contributed by atoms with van der Waals surface area (Å²) in [6, 6.07) is 12.6. The molecule has 2 atom stereocenters. The minimum absolute atomic E-state index is 0.0101. The van der Waals surface area contributed by atoms with Crippen molar-refractivity contribution in [2.24, 2.45) is 0 Å². The van der Waals surface area contributed by atoms with E-state index in [4.69, 9.17) is 4.74 Å². The summed E-state index contributed by atoms with van der Waals surface area (Å²) >= 11 is 0. The van der Waals surface area contributed by atoms with E-state index in [2.05, 4.69) is 34.7 Å². The van der Waals surface area contributed by atoms with Crippen molar-refractivity contribution in [1.82, 2.24) is 15.0 Å². The molecule has 6 rings (SSSR count). The molecule has 5 aromatic rings. The number of aromatic nitrogens is 3. The van der Waals surface area contributed by atoms with Crippen LogP contribution in [0, 0.1) is 17.5 Å². The zero-order chi connectivity index (χ0) is 32.6. The molecule has 2 unspecified atom stereocenters. The number of carbonyl (C=O) groups is 1. The topological polar surface area (TPSA) is 70.8 Å². The van der Waals surface area contributed by atoms with Crippen molar-refractivity contribution in [3.63, 3.8) is 0 Å². The van der Waals surface area contributed by atoms with E-state index in [0.29, 0.717) is 40.4 Å². The maximum atomic E-state index is 15.5. The SMILES string of the molecule is C=S1CCCC1Cc1c(Oc2ccc(F)c(-c3ncc(Cc4cccc(CCC=O)c4F)[nH]3)c2)c(F)cc2[nH]ccc12.CCCC. The number of nitrogens with zero attached hydrogens (tertiary/aromatic N) is 1. The van der Waals surface area contributed by atoms with Crippen LogP contribution in [-0.2, 0) is 24.1 Å². The molecule has 2 N–H and O–H groups in total. The largest absolute Gasteiger partial charge is 0.454 e. The van der Waals surface area contributed by atoms with Gasteiger partial charge in [0.15, 0.2) is 11.6 Å². The number of imidazole rings is 1. The van der Waals surface area contributed by atoms with Crippen LogP contribution in [0.1, 0.15) is 68.3 Å². The second-order valence-electron chi connectivity index (χ2n) is 11.6. The summed E-state index contributed by atoms with van der Waals surface area (Å²) in [6.45, 7) is 4.36. The Hall–Kier alpha value is -4.11. The molecule has 1 saturated heterocycles. The van der Waals surface area contributed by atoms with Gasteiger partial charge in [0.2, 0.25) is 0 Å². The number of hydrogen-bond acceptors (Lipinski definition) is 3. The molecule has 0 amide bonds. The van der Waals surface area contributed by atoms with Crippen molar-refractivity contribution in [3.05, 3.63) is 101 Å². The summed E-state index contributed by atoms with van der Waals surface area (Å²) in [5, 5.41) is 1.25. The van der Waals surface area contributed by atoms with Gasteiger partial charge < -0.3 is 19.5 Å². The van der Waals surface area contributed by atoms with Gasteiger partial charge in [0.05, 0.1) is 5.56 Å². The molecule has 1 fully saturated rings. The Bertz CT molecular complexity index is 1830. The fourth-order valence-electron chi connectivity index (χ4n) is 5.65. The van der Waals surface area contributed by atoms with Gasteiger partial charge in [-0.15, -0.1) is 0 Å². The number of aldehydes is 1. The van der Waals surface area contributed by atoms with E-state index in [0.717, 1.165) is 35.8 Å². The Balaban J connectivity index is 0.000000985. The second-order valence-corrected chi connectivity index (χ2v) is 13.7. The van der Waals surface area contributed by atoms with E-state index in [9.17, 15) is 9.18 Å². The van der Waals surface area contributed by atoms with Crippen molar-refractivity contribution in [2.75, 3.05) is 5.75 Å². The Morgan fingerprint density at radius 3 is 2.61 bits per heavy atom. The minimum atomic E-state index is -0.529. The predicted octanol–water partition coefficient (Wildman–Crippen LogP) is 9.70. The van der Waals surface area contributed by atoms with E-state index in [1.165, 1.54) is 43.3 Å². The zero-order valence-corrected chi connectivity index (χ0v) is 27.1. The van der Waals surface area contributed by atoms with Gasteiger partial charge in [-0.05, 0) is 66.8 Å². The van der Waals surface area contributed by atoms with Crippen molar-refractivity contribution in [2.45, 2.75) is 70.5 Å². The highest BCUT2D eigenvalue weighted by Gasteiger charge is 2.25. The van der Waals surface area contributed by atoms with Gasteiger partial charge in [0.25, 0.3) is 0 Å². The highest BCUT2D eigenvalue weighted by Crippen LogP contribution is 2.41. The van der Waals surface area contributed by atoms with Crippen LogP contribution in [0.15, 0.2) is 60.9 Å². The molecule has 1 aliphatic heterocycles. The third kappa shape index (κ3) is 7.64. The van der Waals surface area contributed by atoms with Crippen LogP contribution >= 0.6 is 10.5 Å². The summed E-state index contributed by atoms with van der Waals surface area (Å²) < 4.78 is 51.6. The van der Waals surface area contributed by atoms with Crippen molar-refractivity contribution >= 4 is 33.5 Å². The third-order valence-corrected chi connectivity index (χ3v) is 10.5. The number of aryl methyl sites for hydroxylation is 1. The van der Waals surface area contributed by atoms with Crippen LogP contribution in [0.5, 0.6) is 11.5 Å². The van der Waals surface area contributed by atoms with E-state index < -0.39 is 11.6 Å². The number of H-pyrrole nitrogens is 2. The van der Waals surface area contributed by atoms with Crippen LogP contribution in [0.25, 0.3) is 22.3 Å². The monoisotopic (exact) mass is 647 g/mol. The Kier molecular flexibility index (Phi) is 11.2. The third-order valence-electron chi connectivity index (χ3n) is 8.31. The van der Waals surface area contributed by atoms with Crippen LogP contribution in [0.4, 0.5) is 13.2 Å². The first-order valence-corrected chi connectivity index (χ1v) is 17.4. The number of ether oxygens (including phenoxy) is 1. The molecular formula is C37H40F3N3O2S. The molecule has 0 saturated carbocycles. The number of hydrogen-bond donors (Lipinski definition) is 2. The van der Waals surface area contributed by atoms with Crippen molar-refractivity contribution in [1.29, 1.82) is 0 Å². The van der Waals surface area contributed by atoms with Gasteiger partial charge in [0.1, 0.15) is 29.5 Å². The first kappa shape index (κ1) is 33.3. The molecule has 46 heavy (non-hydrogen) atoms. The number of halogens is 3. The number of carbonyl (C=O) groups excluding carboxylic acids is 1. The average Bonchev–Trinajstić information content (AvgIpc) is 3.82. The maximum Gasteiger partial charge on any atom is 0.168 e. The maximum absolute atomic E-state index is 15.5. The number of aromatic amines is 2. The first-order chi connectivity index (χ1) is 22.3. The van der Waals surface area contributed by atoms with Gasteiger partial charge in [0, 0.05) is 58.7 Å². The Morgan fingerprint density at radius 1 is 1.07 bits per heavy atom. The summed E-state index contributed by atoms with van der Waals surface area (Å²) in [4.78, 5) is 21.2. The van der Waals surface area contributed by atoms with E-state index >= 15 is 8.78 Å². The molecule has 1 aliphatic rings. The predicted molar refractivity (Wildman–Crippen MR) is 183 cm³/mol. The highest BCUT2D eigenvalue weighted by molar-refractivity contribution is 8.14. The van der Waals surface area contributed by atoms with Crippen LogP contribution in [-0.4, -0.2) is 38.1 Å². The second kappa shape index (κ2) is 15.5. The molecule has 0 aliphatic carbocycles. The minimum Gasteiger partial charge on any atom is -0.454 e. The lowest BCUT2D eigenvalue weighted by Gasteiger charge is -2.18. The molecule has 3 heterocycles. The lowest BCUT2D eigenvalue weighted by molar-refractivity contribution is -0.107. The normalized spacial score (nSPS) is 15.9. The summed E-state index contributed by atoms with van der Waals surface area (Å²) in [5.41, 5.74) is 3.14. The van der Waals surface area contributed by atoms with Crippen LogP contribution in [0.2, 0.25) is 0 Å². The van der Waals surface area contributed by atoms with Gasteiger partial charge in [-0.3, -0.25) is 0 Å². The smallest absolute Gasteiger partial charge is 0.168 e. The molecule has 3 aromatic carbocycles. The summed E-state index contributed by atoms with van der Waals surface area (Å²) in [6.07, 6.45) is 10.3. The molecular weight excluding hydrogens is 607 g/mol.